The van der Waals surface area contributed by atoms with Crippen LogP contribution in [0.5, 0.6) is 11.6 Å². The van der Waals surface area contributed by atoms with E-state index in [0.717, 1.165) is 14.7 Å². The zero-order valence-corrected chi connectivity index (χ0v) is 12.1. The van der Waals surface area contributed by atoms with Gasteiger partial charge in [0.15, 0.2) is 0 Å². The van der Waals surface area contributed by atoms with Gasteiger partial charge in [-0.1, -0.05) is 11.6 Å². The largest absolute Gasteiger partial charge is 0.436 e. The first-order valence-corrected chi connectivity index (χ1v) is 7.10. The van der Waals surface area contributed by atoms with Crippen LogP contribution in [0.1, 0.15) is 0 Å². The average Bonchev–Trinajstić information content (AvgIpc) is 2.82. The highest BCUT2D eigenvalue weighted by Crippen LogP contribution is 2.35. The summed E-state index contributed by atoms with van der Waals surface area (Å²) in [7, 11) is 0. The van der Waals surface area contributed by atoms with Crippen molar-refractivity contribution < 1.29 is 4.74 Å². The van der Waals surface area contributed by atoms with E-state index >= 15 is 0 Å². The highest BCUT2D eigenvalue weighted by Gasteiger charge is 2.09. The van der Waals surface area contributed by atoms with Crippen molar-refractivity contribution in [1.29, 1.82) is 0 Å². The molecule has 0 aliphatic rings. The molecule has 0 bridgehead atoms. The Morgan fingerprint density at radius 1 is 1.22 bits per heavy atom. The minimum absolute atomic E-state index is 0.554. The molecule has 0 saturated heterocycles. The van der Waals surface area contributed by atoms with Crippen molar-refractivity contribution in [3.8, 4) is 11.6 Å². The number of aromatic nitrogens is 2. The zero-order valence-electron chi connectivity index (χ0n) is 8.93. The van der Waals surface area contributed by atoms with Gasteiger partial charge in [0.1, 0.15) is 16.8 Å². The fraction of sp³-hybridized carbons (Fsp3) is 0. The van der Waals surface area contributed by atoms with Crippen molar-refractivity contribution in [2.45, 2.75) is 0 Å². The zero-order chi connectivity index (χ0) is 12.5. The molecule has 0 N–H and O–H groups in total. The third-order valence-electron chi connectivity index (χ3n) is 2.31. The minimum atomic E-state index is 0.554. The van der Waals surface area contributed by atoms with Crippen LogP contribution in [0.4, 0.5) is 0 Å². The Balaban J connectivity index is 2.03. The number of ether oxygens (including phenoxy) is 1. The molecule has 3 nitrogen and oxygen atoms in total. The Morgan fingerprint density at radius 3 is 2.94 bits per heavy atom. The molecular formula is C12H6BrClN2OS. The van der Waals surface area contributed by atoms with E-state index in [2.05, 4.69) is 25.9 Å². The van der Waals surface area contributed by atoms with Gasteiger partial charge in [0.2, 0.25) is 5.88 Å². The minimum Gasteiger partial charge on any atom is -0.436 e. The van der Waals surface area contributed by atoms with Crippen LogP contribution in [0.15, 0.2) is 40.4 Å². The lowest BCUT2D eigenvalue weighted by Gasteiger charge is -2.07. The second kappa shape index (κ2) is 4.84. The molecule has 2 heterocycles. The first-order valence-electron chi connectivity index (χ1n) is 5.05. The van der Waals surface area contributed by atoms with Gasteiger partial charge in [0, 0.05) is 5.02 Å². The summed E-state index contributed by atoms with van der Waals surface area (Å²) >= 11 is 10.8. The van der Waals surface area contributed by atoms with Crippen LogP contribution in [0.2, 0.25) is 5.02 Å². The number of rotatable bonds is 2. The normalized spacial score (nSPS) is 10.8. The molecule has 0 spiro atoms. The van der Waals surface area contributed by atoms with Crippen LogP contribution in [0.3, 0.4) is 0 Å². The molecule has 0 amide bonds. The fourth-order valence-electron chi connectivity index (χ4n) is 1.50. The third-order valence-corrected chi connectivity index (χ3v) is 4.06. The number of fused-ring (bicyclic) bond motifs is 1. The van der Waals surface area contributed by atoms with Crippen LogP contribution in [-0.2, 0) is 0 Å². The molecule has 0 radical (unpaired) electrons. The Hall–Kier alpha value is -1.17. The van der Waals surface area contributed by atoms with Crippen LogP contribution < -0.4 is 4.74 Å². The van der Waals surface area contributed by atoms with E-state index in [9.17, 15) is 0 Å². The van der Waals surface area contributed by atoms with Gasteiger partial charge in [-0.3, -0.25) is 0 Å². The lowest BCUT2D eigenvalue weighted by atomic mass is 10.3. The number of hydrogen-bond acceptors (Lipinski definition) is 4. The monoisotopic (exact) mass is 340 g/mol. The number of benzene rings is 1. The number of hydrogen-bond donors (Lipinski definition) is 0. The van der Waals surface area contributed by atoms with Gasteiger partial charge in [-0.25, -0.2) is 9.97 Å². The van der Waals surface area contributed by atoms with Gasteiger partial charge in [-0.2, -0.15) is 0 Å². The SMILES string of the molecule is Clc1ccc(Oc2ncnc3ccsc23)c(Br)c1. The predicted molar refractivity (Wildman–Crippen MR) is 76.6 cm³/mol. The highest BCUT2D eigenvalue weighted by molar-refractivity contribution is 9.10. The standard InChI is InChI=1S/C12H6BrClN2OS/c13-8-5-7(14)1-2-10(8)17-12-11-9(3-4-18-11)15-6-16-12/h1-6H. The van der Waals surface area contributed by atoms with Crippen molar-refractivity contribution in [1.82, 2.24) is 9.97 Å². The molecule has 2 aromatic heterocycles. The van der Waals surface area contributed by atoms with E-state index in [1.165, 1.54) is 6.33 Å². The molecule has 1 aromatic carbocycles. The molecule has 0 unspecified atom stereocenters. The lowest BCUT2D eigenvalue weighted by molar-refractivity contribution is 0.466. The maximum absolute atomic E-state index is 5.89. The summed E-state index contributed by atoms with van der Waals surface area (Å²) in [5, 5.41) is 2.61. The molecule has 0 aliphatic heterocycles. The third kappa shape index (κ3) is 2.21. The van der Waals surface area contributed by atoms with Gasteiger partial charge in [-0.15, -0.1) is 11.3 Å². The topological polar surface area (TPSA) is 35.0 Å². The van der Waals surface area contributed by atoms with Crippen molar-refractivity contribution >= 4 is 49.1 Å². The van der Waals surface area contributed by atoms with Crippen LogP contribution >= 0.6 is 38.9 Å². The van der Waals surface area contributed by atoms with Gasteiger partial charge < -0.3 is 4.74 Å². The molecule has 0 aliphatic carbocycles. The smallest absolute Gasteiger partial charge is 0.240 e. The average molecular weight is 342 g/mol. The quantitative estimate of drug-likeness (QED) is 0.665. The van der Waals surface area contributed by atoms with Crippen LogP contribution in [0.25, 0.3) is 10.2 Å². The Bertz CT molecular complexity index is 716. The van der Waals surface area contributed by atoms with Crippen molar-refractivity contribution in [2.75, 3.05) is 0 Å². The predicted octanol–water partition coefficient (Wildman–Crippen LogP) is 4.90. The lowest BCUT2D eigenvalue weighted by Crippen LogP contribution is -1.90. The molecule has 90 valence electrons. The summed E-state index contributed by atoms with van der Waals surface area (Å²) < 4.78 is 7.51. The fourth-order valence-corrected chi connectivity index (χ4v) is 3.03. The summed E-state index contributed by atoms with van der Waals surface area (Å²) in [5.41, 5.74) is 0.884. The van der Waals surface area contributed by atoms with E-state index in [0.29, 0.717) is 16.7 Å². The van der Waals surface area contributed by atoms with Crippen molar-refractivity contribution in [3.05, 3.63) is 45.5 Å². The molecule has 3 aromatic rings. The molecule has 0 atom stereocenters. The molecule has 3 rings (SSSR count). The Labute approximate surface area is 121 Å². The van der Waals surface area contributed by atoms with E-state index in [1.807, 2.05) is 11.4 Å². The molecule has 18 heavy (non-hydrogen) atoms. The van der Waals surface area contributed by atoms with Gasteiger partial charge >= 0.3 is 0 Å². The first kappa shape index (κ1) is 11.9. The summed E-state index contributed by atoms with van der Waals surface area (Å²) in [4.78, 5) is 8.33. The van der Waals surface area contributed by atoms with E-state index < -0.39 is 0 Å². The van der Waals surface area contributed by atoms with Crippen molar-refractivity contribution in [2.24, 2.45) is 0 Å². The summed E-state index contributed by atoms with van der Waals surface area (Å²) in [5.74, 6) is 1.23. The second-order valence-electron chi connectivity index (χ2n) is 3.49. The summed E-state index contributed by atoms with van der Waals surface area (Å²) in [6.07, 6.45) is 1.49. The summed E-state index contributed by atoms with van der Waals surface area (Å²) in [6, 6.07) is 7.29. The van der Waals surface area contributed by atoms with Crippen molar-refractivity contribution in [3.63, 3.8) is 0 Å². The Morgan fingerprint density at radius 2 is 2.11 bits per heavy atom. The Kier molecular flexibility index (Phi) is 3.20. The van der Waals surface area contributed by atoms with Gasteiger partial charge in [0.05, 0.1) is 9.99 Å². The second-order valence-corrected chi connectivity index (χ2v) is 5.70. The number of nitrogens with zero attached hydrogens (tertiary/aromatic N) is 2. The van der Waals surface area contributed by atoms with Gasteiger partial charge in [0.25, 0.3) is 0 Å². The molecule has 0 fully saturated rings. The number of halogens is 2. The maximum Gasteiger partial charge on any atom is 0.240 e. The molecule has 0 saturated carbocycles. The molecular weight excluding hydrogens is 336 g/mol. The first-order chi connectivity index (χ1) is 8.74. The number of thiophene rings is 1. The van der Waals surface area contributed by atoms with E-state index in [-0.39, 0.29) is 0 Å². The summed E-state index contributed by atoms with van der Waals surface area (Å²) in [6.45, 7) is 0. The van der Waals surface area contributed by atoms with Crippen LogP contribution in [-0.4, -0.2) is 9.97 Å². The highest BCUT2D eigenvalue weighted by atomic mass is 79.9. The molecule has 6 heteroatoms. The van der Waals surface area contributed by atoms with E-state index in [1.54, 1.807) is 29.5 Å². The van der Waals surface area contributed by atoms with Crippen LogP contribution in [0, 0.1) is 0 Å². The maximum atomic E-state index is 5.89. The van der Waals surface area contributed by atoms with Gasteiger partial charge in [-0.05, 0) is 45.6 Å². The van der Waals surface area contributed by atoms with E-state index in [4.69, 9.17) is 16.3 Å².